The highest BCUT2D eigenvalue weighted by Gasteiger charge is 1.99. The topological polar surface area (TPSA) is 40.5 Å². The van der Waals surface area contributed by atoms with Gasteiger partial charge in [0.25, 0.3) is 0 Å². The van der Waals surface area contributed by atoms with Gasteiger partial charge in [-0.25, -0.2) is 0 Å². The summed E-state index contributed by atoms with van der Waals surface area (Å²) >= 11 is 0. The zero-order valence-corrected chi connectivity index (χ0v) is 21.5. The molecule has 0 atom stereocenters. The number of phenols is 2. The van der Waals surface area contributed by atoms with E-state index in [1.165, 1.54) is 102 Å². The van der Waals surface area contributed by atoms with E-state index in [-0.39, 0.29) is 0 Å². The number of unbranched alkanes of at least 4 members (excludes halogenated alkanes) is 13. The van der Waals surface area contributed by atoms with Gasteiger partial charge in [0.2, 0.25) is 0 Å². The summed E-state index contributed by atoms with van der Waals surface area (Å²) in [4.78, 5) is 0. The predicted molar refractivity (Wildman–Crippen MR) is 144 cm³/mol. The molecule has 0 spiro atoms. The van der Waals surface area contributed by atoms with Crippen molar-refractivity contribution in [3.8, 4) is 11.5 Å². The van der Waals surface area contributed by atoms with Crippen LogP contribution in [0.2, 0.25) is 0 Å². The molecule has 2 N–H and O–H groups in total. The Morgan fingerprint density at radius 2 is 0.939 bits per heavy atom. The average molecular weight is 455 g/mol. The second-order valence-corrected chi connectivity index (χ2v) is 9.39. The van der Waals surface area contributed by atoms with Gasteiger partial charge in [-0.15, -0.1) is 0 Å². The largest absolute Gasteiger partial charge is 0.508 e. The van der Waals surface area contributed by atoms with Gasteiger partial charge >= 0.3 is 0 Å². The Balaban J connectivity index is 0.000000331. The molecule has 33 heavy (non-hydrogen) atoms. The second kappa shape index (κ2) is 20.6. The number of benzene rings is 2. The van der Waals surface area contributed by atoms with Gasteiger partial charge in [0, 0.05) is 0 Å². The summed E-state index contributed by atoms with van der Waals surface area (Å²) < 4.78 is 0. The summed E-state index contributed by atoms with van der Waals surface area (Å²) in [5, 5.41) is 18.8. The Kier molecular flexibility index (Phi) is 18.2. The third-order valence-electron chi connectivity index (χ3n) is 6.30. The quantitative estimate of drug-likeness (QED) is 0.233. The lowest BCUT2D eigenvalue weighted by molar-refractivity contribution is 0.466. The number of para-hydroxylation sites is 1. The van der Waals surface area contributed by atoms with Crippen LogP contribution in [-0.4, -0.2) is 10.2 Å². The number of aryl methyl sites for hydroxylation is 2. The Hall–Kier alpha value is -1.96. The van der Waals surface area contributed by atoms with Gasteiger partial charge in [-0.1, -0.05) is 128 Å². The van der Waals surface area contributed by atoms with E-state index in [0.717, 1.165) is 18.4 Å². The van der Waals surface area contributed by atoms with Crippen LogP contribution in [0.15, 0.2) is 48.5 Å². The van der Waals surface area contributed by atoms with Crippen molar-refractivity contribution in [1.82, 2.24) is 0 Å². The van der Waals surface area contributed by atoms with Gasteiger partial charge in [0.1, 0.15) is 11.5 Å². The van der Waals surface area contributed by atoms with E-state index in [4.69, 9.17) is 5.11 Å². The molecule has 0 bridgehead atoms. The Labute approximate surface area is 204 Å². The van der Waals surface area contributed by atoms with Crippen LogP contribution in [0.1, 0.15) is 121 Å². The SMILES string of the molecule is CCCCCCCCCCc1ccc(O)cc1.CCCCCCCCCc1ccccc1O. The van der Waals surface area contributed by atoms with Crippen LogP contribution in [0.3, 0.4) is 0 Å². The fourth-order valence-corrected chi connectivity index (χ4v) is 4.12. The Morgan fingerprint density at radius 3 is 1.45 bits per heavy atom. The highest BCUT2D eigenvalue weighted by Crippen LogP contribution is 2.19. The number of phenolic OH excluding ortho intramolecular Hbond substituents is 2. The predicted octanol–water partition coefficient (Wildman–Crippen LogP) is 9.76. The lowest BCUT2D eigenvalue weighted by Crippen LogP contribution is -1.87. The minimum absolute atomic E-state index is 0.365. The molecule has 2 nitrogen and oxygen atoms in total. The normalized spacial score (nSPS) is 10.6. The first kappa shape index (κ1) is 29.1. The molecule has 2 aromatic rings. The smallest absolute Gasteiger partial charge is 0.118 e. The third-order valence-corrected chi connectivity index (χ3v) is 6.30. The monoisotopic (exact) mass is 454 g/mol. The van der Waals surface area contributed by atoms with Crippen LogP contribution >= 0.6 is 0 Å². The number of hydrogen-bond donors (Lipinski definition) is 2. The highest BCUT2D eigenvalue weighted by molar-refractivity contribution is 5.31. The summed E-state index contributed by atoms with van der Waals surface area (Å²) in [5.74, 6) is 0.818. The third kappa shape index (κ3) is 16.3. The average Bonchev–Trinajstić information content (AvgIpc) is 2.83. The van der Waals surface area contributed by atoms with Crippen LogP contribution in [0.5, 0.6) is 11.5 Å². The maximum absolute atomic E-state index is 9.58. The molecule has 0 unspecified atom stereocenters. The maximum atomic E-state index is 9.58. The molecular formula is C31H50O2. The first-order chi connectivity index (χ1) is 16.2. The van der Waals surface area contributed by atoms with Crippen molar-refractivity contribution in [2.45, 2.75) is 123 Å². The van der Waals surface area contributed by atoms with Crippen LogP contribution in [-0.2, 0) is 12.8 Å². The zero-order valence-electron chi connectivity index (χ0n) is 21.5. The molecule has 2 heteroatoms. The van der Waals surface area contributed by atoms with Crippen molar-refractivity contribution in [3.05, 3.63) is 59.7 Å². The van der Waals surface area contributed by atoms with Crippen molar-refractivity contribution >= 4 is 0 Å². The molecule has 0 saturated carbocycles. The van der Waals surface area contributed by atoms with Gasteiger partial charge in [-0.3, -0.25) is 0 Å². The fraction of sp³-hybridized carbons (Fsp3) is 0.613. The first-order valence-electron chi connectivity index (χ1n) is 13.7. The summed E-state index contributed by atoms with van der Waals surface area (Å²) in [6.07, 6.45) is 22.4. The van der Waals surface area contributed by atoms with E-state index in [1.54, 1.807) is 18.2 Å². The van der Waals surface area contributed by atoms with Gasteiger partial charge in [-0.05, 0) is 55.0 Å². The minimum atomic E-state index is 0.365. The number of aromatic hydroxyl groups is 2. The summed E-state index contributed by atoms with van der Waals surface area (Å²) in [6, 6.07) is 15.3. The van der Waals surface area contributed by atoms with E-state index in [1.807, 2.05) is 30.3 Å². The molecule has 0 saturated heterocycles. The number of rotatable bonds is 17. The van der Waals surface area contributed by atoms with Gasteiger partial charge < -0.3 is 10.2 Å². The van der Waals surface area contributed by atoms with E-state index in [2.05, 4.69) is 13.8 Å². The van der Waals surface area contributed by atoms with Crippen LogP contribution < -0.4 is 0 Å². The van der Waals surface area contributed by atoms with Crippen molar-refractivity contribution < 1.29 is 10.2 Å². The molecule has 0 aliphatic carbocycles. The number of hydrogen-bond acceptors (Lipinski definition) is 2. The van der Waals surface area contributed by atoms with Gasteiger partial charge in [0.15, 0.2) is 0 Å². The molecule has 0 fully saturated rings. The summed E-state index contributed by atoms with van der Waals surface area (Å²) in [6.45, 7) is 4.51. The van der Waals surface area contributed by atoms with Crippen LogP contribution in [0.25, 0.3) is 0 Å². The summed E-state index contributed by atoms with van der Waals surface area (Å²) in [5.41, 5.74) is 2.44. The molecule has 0 radical (unpaired) electrons. The maximum Gasteiger partial charge on any atom is 0.118 e. The lowest BCUT2D eigenvalue weighted by Gasteiger charge is -2.04. The fourth-order valence-electron chi connectivity index (χ4n) is 4.12. The Morgan fingerprint density at radius 1 is 0.485 bits per heavy atom. The van der Waals surface area contributed by atoms with Gasteiger partial charge in [0.05, 0.1) is 0 Å². The van der Waals surface area contributed by atoms with E-state index in [0.29, 0.717) is 11.5 Å². The van der Waals surface area contributed by atoms with Crippen molar-refractivity contribution in [3.63, 3.8) is 0 Å². The van der Waals surface area contributed by atoms with Crippen LogP contribution in [0.4, 0.5) is 0 Å². The molecule has 0 aliphatic rings. The lowest BCUT2D eigenvalue weighted by atomic mass is 10.0. The van der Waals surface area contributed by atoms with E-state index < -0.39 is 0 Å². The molecule has 0 heterocycles. The second-order valence-electron chi connectivity index (χ2n) is 9.39. The van der Waals surface area contributed by atoms with Crippen molar-refractivity contribution in [1.29, 1.82) is 0 Å². The van der Waals surface area contributed by atoms with Gasteiger partial charge in [-0.2, -0.15) is 0 Å². The highest BCUT2D eigenvalue weighted by atomic mass is 16.3. The summed E-state index contributed by atoms with van der Waals surface area (Å²) in [7, 11) is 0. The first-order valence-corrected chi connectivity index (χ1v) is 13.7. The van der Waals surface area contributed by atoms with Crippen molar-refractivity contribution in [2.24, 2.45) is 0 Å². The van der Waals surface area contributed by atoms with E-state index >= 15 is 0 Å². The minimum Gasteiger partial charge on any atom is -0.508 e. The molecule has 0 aliphatic heterocycles. The molecular weight excluding hydrogens is 404 g/mol. The Bertz CT molecular complexity index is 678. The standard InChI is InChI=1S/C16H26O.C15H24O/c1-2-3-4-5-6-7-8-9-10-15-11-13-16(17)14-12-15;1-2-3-4-5-6-7-8-11-14-12-9-10-13-15(14)16/h11-14,17H,2-10H2,1H3;9-10,12-13,16H,2-8,11H2,1H3. The molecule has 2 aromatic carbocycles. The molecule has 0 amide bonds. The molecule has 0 aromatic heterocycles. The molecule has 2 rings (SSSR count). The van der Waals surface area contributed by atoms with Crippen molar-refractivity contribution in [2.75, 3.05) is 0 Å². The molecule has 186 valence electrons. The van der Waals surface area contributed by atoms with E-state index in [9.17, 15) is 5.11 Å². The van der Waals surface area contributed by atoms with Crippen LogP contribution in [0, 0.1) is 0 Å². The zero-order chi connectivity index (χ0) is 24.0.